The van der Waals surface area contributed by atoms with E-state index in [0.717, 1.165) is 37.3 Å². The van der Waals surface area contributed by atoms with Crippen molar-refractivity contribution in [3.63, 3.8) is 0 Å². The van der Waals surface area contributed by atoms with E-state index < -0.39 is 0 Å². The first-order chi connectivity index (χ1) is 14.2. The number of hydrogen-bond acceptors (Lipinski definition) is 4. The number of anilines is 1. The van der Waals surface area contributed by atoms with Gasteiger partial charge in [-0.25, -0.2) is 0 Å². The minimum absolute atomic E-state index is 0.00838. The molecule has 1 amide bonds. The third kappa shape index (κ3) is 4.20. The van der Waals surface area contributed by atoms with Gasteiger partial charge in [0.15, 0.2) is 17.5 Å². The minimum atomic E-state index is -0.186. The molecule has 2 N–H and O–H groups in total. The van der Waals surface area contributed by atoms with Crippen molar-refractivity contribution in [2.45, 2.75) is 38.3 Å². The Labute approximate surface area is 171 Å². The predicted molar refractivity (Wildman–Crippen MR) is 109 cm³/mol. The molecule has 2 aliphatic heterocycles. The van der Waals surface area contributed by atoms with Gasteiger partial charge in [-0.3, -0.25) is 4.79 Å². The smallest absolute Gasteiger partial charge is 0.282 e. The standard InChI is InChI=1S/C23H25N3O3/c1-16(23(27)25-19-8-5-17(15-24)6-9-19)26-11-2-4-20(26)18-7-10-21-22(14-18)29-13-3-12-28-21/h5-10,14,16,20H,2-4,11-13H2,1H3,(H,25,27)/p+1/t16-,20-/m1/s1. The van der Waals surface area contributed by atoms with Gasteiger partial charge in [-0.1, -0.05) is 0 Å². The van der Waals surface area contributed by atoms with Crippen molar-refractivity contribution in [1.82, 2.24) is 0 Å². The lowest BCUT2D eigenvalue weighted by Gasteiger charge is -2.27. The number of fused-ring (bicyclic) bond motifs is 1. The number of likely N-dealkylation sites (tertiary alicyclic amines) is 1. The number of nitrogens with zero attached hydrogens (tertiary/aromatic N) is 1. The molecule has 6 nitrogen and oxygen atoms in total. The zero-order chi connectivity index (χ0) is 20.2. The fourth-order valence-corrected chi connectivity index (χ4v) is 4.21. The van der Waals surface area contributed by atoms with E-state index in [-0.39, 0.29) is 18.0 Å². The summed E-state index contributed by atoms with van der Waals surface area (Å²) in [5.41, 5.74) is 2.49. The van der Waals surface area contributed by atoms with Gasteiger partial charge >= 0.3 is 0 Å². The number of hydrogen-bond donors (Lipinski definition) is 2. The lowest BCUT2D eigenvalue weighted by atomic mass is 10.0. The molecule has 0 bridgehead atoms. The largest absolute Gasteiger partial charge is 0.490 e. The first-order valence-electron chi connectivity index (χ1n) is 10.2. The van der Waals surface area contributed by atoms with Gasteiger partial charge in [-0.2, -0.15) is 5.26 Å². The highest BCUT2D eigenvalue weighted by Crippen LogP contribution is 2.33. The van der Waals surface area contributed by atoms with Crippen LogP contribution in [0.1, 0.15) is 43.4 Å². The average molecular weight is 392 g/mol. The molecule has 6 heteroatoms. The zero-order valence-corrected chi connectivity index (χ0v) is 16.6. The lowest BCUT2D eigenvalue weighted by molar-refractivity contribution is -0.932. The van der Waals surface area contributed by atoms with E-state index >= 15 is 0 Å². The number of benzene rings is 2. The molecule has 1 unspecified atom stereocenters. The van der Waals surface area contributed by atoms with E-state index in [9.17, 15) is 4.79 Å². The number of quaternary nitrogens is 1. The van der Waals surface area contributed by atoms with Crippen LogP contribution in [-0.2, 0) is 4.79 Å². The van der Waals surface area contributed by atoms with E-state index in [1.807, 2.05) is 13.0 Å². The molecule has 3 atom stereocenters. The normalized spacial score (nSPS) is 21.7. The molecule has 1 saturated heterocycles. The number of nitrogens with one attached hydrogen (secondary N) is 2. The zero-order valence-electron chi connectivity index (χ0n) is 16.6. The fraction of sp³-hybridized carbons (Fsp3) is 0.391. The second kappa shape index (κ2) is 8.54. The molecular formula is C23H26N3O3+. The maximum Gasteiger partial charge on any atom is 0.282 e. The number of rotatable bonds is 4. The second-order valence-electron chi connectivity index (χ2n) is 7.68. The van der Waals surface area contributed by atoms with Crippen LogP contribution < -0.4 is 19.7 Å². The number of ether oxygens (including phenoxy) is 2. The van der Waals surface area contributed by atoms with E-state index in [4.69, 9.17) is 14.7 Å². The van der Waals surface area contributed by atoms with Gasteiger partial charge in [0, 0.05) is 30.5 Å². The second-order valence-corrected chi connectivity index (χ2v) is 7.68. The number of carbonyl (C=O) groups excluding carboxylic acids is 1. The van der Waals surface area contributed by atoms with Gasteiger partial charge in [0.05, 0.1) is 31.4 Å². The summed E-state index contributed by atoms with van der Waals surface area (Å²) in [5, 5.41) is 11.9. The minimum Gasteiger partial charge on any atom is -0.490 e. The van der Waals surface area contributed by atoms with Gasteiger partial charge in [0.1, 0.15) is 6.04 Å². The summed E-state index contributed by atoms with van der Waals surface area (Å²) in [7, 11) is 0. The average Bonchev–Trinajstić information content (AvgIpc) is 3.12. The van der Waals surface area contributed by atoms with E-state index in [1.165, 1.54) is 10.5 Å². The van der Waals surface area contributed by atoms with Crippen molar-refractivity contribution in [3.8, 4) is 17.6 Å². The molecule has 0 saturated carbocycles. The Morgan fingerprint density at radius 1 is 1.14 bits per heavy atom. The fourth-order valence-electron chi connectivity index (χ4n) is 4.21. The third-order valence-corrected chi connectivity index (χ3v) is 5.81. The Bertz CT molecular complexity index is 920. The summed E-state index contributed by atoms with van der Waals surface area (Å²) in [6.07, 6.45) is 3.02. The van der Waals surface area contributed by atoms with Gasteiger partial charge in [-0.15, -0.1) is 0 Å². The molecule has 0 aromatic heterocycles. The highest BCUT2D eigenvalue weighted by molar-refractivity contribution is 5.93. The molecule has 0 aliphatic carbocycles. The Kier molecular flexibility index (Phi) is 5.68. The topological polar surface area (TPSA) is 75.8 Å². The van der Waals surface area contributed by atoms with Crippen molar-refractivity contribution in [2.24, 2.45) is 0 Å². The van der Waals surface area contributed by atoms with E-state index in [1.54, 1.807) is 24.3 Å². The van der Waals surface area contributed by atoms with Crippen LogP contribution in [0.5, 0.6) is 11.5 Å². The molecule has 0 spiro atoms. The first-order valence-corrected chi connectivity index (χ1v) is 10.2. The molecule has 4 rings (SSSR count). The highest BCUT2D eigenvalue weighted by atomic mass is 16.5. The molecule has 2 aliphatic rings. The summed E-state index contributed by atoms with van der Waals surface area (Å²) in [6, 6.07) is 15.3. The summed E-state index contributed by atoms with van der Waals surface area (Å²) in [6.45, 7) is 4.29. The molecular weight excluding hydrogens is 366 g/mol. The number of carbonyl (C=O) groups is 1. The number of nitriles is 1. The molecule has 2 heterocycles. The molecule has 2 aromatic carbocycles. The predicted octanol–water partition coefficient (Wildman–Crippen LogP) is 2.47. The first kappa shape index (κ1) is 19.3. The molecule has 2 aromatic rings. The summed E-state index contributed by atoms with van der Waals surface area (Å²) in [4.78, 5) is 14.1. The van der Waals surface area contributed by atoms with Crippen LogP contribution in [-0.4, -0.2) is 31.7 Å². The van der Waals surface area contributed by atoms with Crippen LogP contribution in [0.15, 0.2) is 42.5 Å². The van der Waals surface area contributed by atoms with Gasteiger partial charge in [-0.05, 0) is 49.4 Å². The quantitative estimate of drug-likeness (QED) is 0.838. The van der Waals surface area contributed by atoms with Crippen LogP contribution in [0, 0.1) is 11.3 Å². The maximum absolute atomic E-state index is 12.9. The van der Waals surface area contributed by atoms with Crippen molar-refractivity contribution >= 4 is 11.6 Å². The monoisotopic (exact) mass is 392 g/mol. The third-order valence-electron chi connectivity index (χ3n) is 5.81. The van der Waals surface area contributed by atoms with Crippen LogP contribution in [0.2, 0.25) is 0 Å². The summed E-state index contributed by atoms with van der Waals surface area (Å²) >= 11 is 0. The van der Waals surface area contributed by atoms with Gasteiger partial charge < -0.3 is 19.7 Å². The van der Waals surface area contributed by atoms with E-state index in [0.29, 0.717) is 24.5 Å². The Morgan fingerprint density at radius 2 is 1.90 bits per heavy atom. The van der Waals surface area contributed by atoms with Crippen molar-refractivity contribution in [2.75, 3.05) is 25.1 Å². The molecule has 1 fully saturated rings. The lowest BCUT2D eigenvalue weighted by Crippen LogP contribution is -3.15. The molecule has 29 heavy (non-hydrogen) atoms. The van der Waals surface area contributed by atoms with Gasteiger partial charge in [0.2, 0.25) is 0 Å². The summed E-state index contributed by atoms with van der Waals surface area (Å²) < 4.78 is 11.6. The van der Waals surface area contributed by atoms with Crippen molar-refractivity contribution in [1.29, 1.82) is 5.26 Å². The Balaban J connectivity index is 1.48. The maximum atomic E-state index is 12.9. The molecule has 0 radical (unpaired) electrons. The van der Waals surface area contributed by atoms with Crippen molar-refractivity contribution in [3.05, 3.63) is 53.6 Å². The van der Waals surface area contributed by atoms with Crippen LogP contribution in [0.4, 0.5) is 5.69 Å². The Morgan fingerprint density at radius 3 is 2.66 bits per heavy atom. The van der Waals surface area contributed by atoms with Gasteiger partial charge in [0.25, 0.3) is 5.91 Å². The van der Waals surface area contributed by atoms with Crippen LogP contribution in [0.3, 0.4) is 0 Å². The van der Waals surface area contributed by atoms with E-state index in [2.05, 4.69) is 23.5 Å². The van der Waals surface area contributed by atoms with Crippen LogP contribution >= 0.6 is 0 Å². The molecule has 150 valence electrons. The number of amides is 1. The van der Waals surface area contributed by atoms with Crippen molar-refractivity contribution < 1.29 is 19.2 Å². The Hall–Kier alpha value is -3.04. The van der Waals surface area contributed by atoms with Crippen LogP contribution in [0.25, 0.3) is 0 Å². The summed E-state index contributed by atoms with van der Waals surface area (Å²) in [5.74, 6) is 1.60. The SMILES string of the molecule is C[C@H](C(=O)Nc1ccc(C#N)cc1)[NH+]1CCC[C@@H]1c1ccc2c(c1)OCCCO2. The highest BCUT2D eigenvalue weighted by Gasteiger charge is 2.37.